The molecule has 5 heteroatoms. The average molecular weight is 291 g/mol. The van der Waals surface area contributed by atoms with Crippen molar-refractivity contribution < 1.29 is 4.79 Å². The highest BCUT2D eigenvalue weighted by molar-refractivity contribution is 7.16. The van der Waals surface area contributed by atoms with E-state index in [1.54, 1.807) is 11.3 Å². The molecule has 0 saturated heterocycles. The third-order valence-corrected chi connectivity index (χ3v) is 5.02. The minimum atomic E-state index is 0.00490. The maximum absolute atomic E-state index is 12.0. The lowest BCUT2D eigenvalue weighted by Gasteiger charge is -2.09. The van der Waals surface area contributed by atoms with E-state index in [0.29, 0.717) is 24.4 Å². The summed E-state index contributed by atoms with van der Waals surface area (Å²) in [4.78, 5) is 13.2. The number of thiophene rings is 1. The first-order chi connectivity index (χ1) is 9.65. The number of hydrogen-bond donors (Lipinski definition) is 2. The summed E-state index contributed by atoms with van der Waals surface area (Å²) >= 11 is 1.57. The van der Waals surface area contributed by atoms with E-state index in [1.807, 2.05) is 0 Å². The number of anilines is 1. The summed E-state index contributed by atoms with van der Waals surface area (Å²) in [5, 5.41) is 12.9. The van der Waals surface area contributed by atoms with Crippen LogP contribution in [-0.2, 0) is 17.6 Å². The molecule has 1 atom stereocenters. The molecule has 108 valence electrons. The number of fused-ring (bicyclic) bond motifs is 1. The molecule has 0 radical (unpaired) electrons. The molecule has 1 aliphatic carbocycles. The van der Waals surface area contributed by atoms with Gasteiger partial charge >= 0.3 is 0 Å². The highest BCUT2D eigenvalue weighted by atomic mass is 32.1. The van der Waals surface area contributed by atoms with Gasteiger partial charge in [0.05, 0.1) is 5.56 Å². The normalized spacial score (nSPS) is 14.7. The first-order valence-corrected chi connectivity index (χ1v) is 8.02. The highest BCUT2D eigenvalue weighted by Gasteiger charge is 2.23. The number of nitrogens with one attached hydrogen (secondary N) is 1. The van der Waals surface area contributed by atoms with E-state index in [1.165, 1.54) is 4.88 Å². The number of nitrogens with zero attached hydrogens (tertiary/aromatic N) is 1. The predicted molar refractivity (Wildman–Crippen MR) is 81.8 cm³/mol. The van der Waals surface area contributed by atoms with Gasteiger partial charge in [-0.1, -0.05) is 6.92 Å². The summed E-state index contributed by atoms with van der Waals surface area (Å²) in [5.41, 5.74) is 7.35. The van der Waals surface area contributed by atoms with Crippen LogP contribution < -0.4 is 11.1 Å². The molecule has 1 unspecified atom stereocenters. The van der Waals surface area contributed by atoms with E-state index < -0.39 is 0 Å². The van der Waals surface area contributed by atoms with Gasteiger partial charge in [-0.25, -0.2) is 0 Å². The average Bonchev–Trinajstić information content (AvgIpc) is 2.97. The van der Waals surface area contributed by atoms with Gasteiger partial charge in [0, 0.05) is 11.3 Å². The standard InChI is InChI=1S/C15H21N3OS/c1-10(7-8-16)5-6-14(19)18-15-12(9-17)11-3-2-4-13(11)20-15/h10H,2-8,16H2,1H3,(H,18,19). The Balaban J connectivity index is 1.94. The SMILES string of the molecule is CC(CCN)CCC(=O)Nc1sc2c(c1C#N)CCC2. The first-order valence-electron chi connectivity index (χ1n) is 7.20. The second kappa shape index (κ2) is 6.87. The Bertz CT molecular complexity index is 530. The number of rotatable bonds is 6. The number of nitrogens with two attached hydrogens (primary N) is 1. The third kappa shape index (κ3) is 3.38. The van der Waals surface area contributed by atoms with Gasteiger partial charge in [-0.3, -0.25) is 4.79 Å². The van der Waals surface area contributed by atoms with Gasteiger partial charge in [-0.05, 0) is 50.1 Å². The van der Waals surface area contributed by atoms with Crippen molar-refractivity contribution in [2.24, 2.45) is 11.7 Å². The van der Waals surface area contributed by atoms with Gasteiger partial charge in [0.2, 0.25) is 5.91 Å². The summed E-state index contributed by atoms with van der Waals surface area (Å²) in [7, 11) is 0. The Kier molecular flexibility index (Phi) is 5.16. The topological polar surface area (TPSA) is 78.9 Å². The zero-order chi connectivity index (χ0) is 14.5. The Labute approximate surface area is 124 Å². The molecule has 1 heterocycles. The fraction of sp³-hybridized carbons (Fsp3) is 0.600. The fourth-order valence-electron chi connectivity index (χ4n) is 2.61. The Hall–Kier alpha value is -1.38. The van der Waals surface area contributed by atoms with Crippen LogP contribution in [0.3, 0.4) is 0 Å². The molecule has 0 bridgehead atoms. The van der Waals surface area contributed by atoms with Crippen molar-refractivity contribution in [3.8, 4) is 6.07 Å². The van der Waals surface area contributed by atoms with Crippen LogP contribution in [0.15, 0.2) is 0 Å². The molecular weight excluding hydrogens is 270 g/mol. The summed E-state index contributed by atoms with van der Waals surface area (Å²) in [6.07, 6.45) is 5.42. The predicted octanol–water partition coefficient (Wildman–Crippen LogP) is 2.81. The van der Waals surface area contributed by atoms with Gasteiger partial charge in [0.15, 0.2) is 0 Å². The van der Waals surface area contributed by atoms with E-state index in [2.05, 4.69) is 18.3 Å². The van der Waals surface area contributed by atoms with Gasteiger partial charge in [-0.2, -0.15) is 5.26 Å². The van der Waals surface area contributed by atoms with Crippen molar-refractivity contribution in [2.45, 2.75) is 45.4 Å². The fourth-order valence-corrected chi connectivity index (χ4v) is 3.86. The lowest BCUT2D eigenvalue weighted by atomic mass is 10.0. The second-order valence-corrected chi connectivity index (χ2v) is 6.55. The molecule has 0 saturated carbocycles. The van der Waals surface area contributed by atoms with Gasteiger partial charge in [-0.15, -0.1) is 11.3 Å². The molecule has 0 aromatic carbocycles. The second-order valence-electron chi connectivity index (χ2n) is 5.44. The summed E-state index contributed by atoms with van der Waals surface area (Å²) in [5.74, 6) is 0.472. The maximum Gasteiger partial charge on any atom is 0.225 e. The monoisotopic (exact) mass is 291 g/mol. The summed E-state index contributed by atoms with van der Waals surface area (Å²) in [6, 6.07) is 2.25. The number of amides is 1. The van der Waals surface area contributed by atoms with Crippen molar-refractivity contribution in [3.05, 3.63) is 16.0 Å². The molecule has 0 fully saturated rings. The van der Waals surface area contributed by atoms with E-state index >= 15 is 0 Å². The summed E-state index contributed by atoms with van der Waals surface area (Å²) < 4.78 is 0. The Morgan fingerprint density at radius 3 is 3.00 bits per heavy atom. The lowest BCUT2D eigenvalue weighted by molar-refractivity contribution is -0.116. The maximum atomic E-state index is 12.0. The molecule has 1 amide bonds. The van der Waals surface area contributed by atoms with Crippen molar-refractivity contribution in [2.75, 3.05) is 11.9 Å². The molecule has 0 aliphatic heterocycles. The smallest absolute Gasteiger partial charge is 0.225 e. The first kappa shape index (κ1) is 15.0. The molecular formula is C15H21N3OS. The largest absolute Gasteiger partial charge is 0.330 e. The lowest BCUT2D eigenvalue weighted by Crippen LogP contribution is -2.14. The van der Waals surface area contributed by atoms with Crippen molar-refractivity contribution in [1.29, 1.82) is 5.26 Å². The third-order valence-electron chi connectivity index (χ3n) is 3.81. The van der Waals surface area contributed by atoms with E-state index in [9.17, 15) is 10.1 Å². The zero-order valence-electron chi connectivity index (χ0n) is 11.9. The molecule has 20 heavy (non-hydrogen) atoms. The van der Waals surface area contributed by atoms with Crippen molar-refractivity contribution in [3.63, 3.8) is 0 Å². The van der Waals surface area contributed by atoms with Crippen LogP contribution in [0.25, 0.3) is 0 Å². The van der Waals surface area contributed by atoms with Crippen molar-refractivity contribution >= 4 is 22.2 Å². The molecule has 1 aromatic rings. The van der Waals surface area contributed by atoms with Crippen molar-refractivity contribution in [1.82, 2.24) is 0 Å². The molecule has 0 spiro atoms. The number of hydrogen-bond acceptors (Lipinski definition) is 4. The minimum absolute atomic E-state index is 0.00490. The Morgan fingerprint density at radius 1 is 1.50 bits per heavy atom. The highest BCUT2D eigenvalue weighted by Crippen LogP contribution is 2.38. The number of aryl methyl sites for hydroxylation is 1. The van der Waals surface area contributed by atoms with Crippen LogP contribution in [0.2, 0.25) is 0 Å². The quantitative estimate of drug-likeness (QED) is 0.846. The van der Waals surface area contributed by atoms with Crippen LogP contribution in [0, 0.1) is 17.2 Å². The molecule has 1 aromatic heterocycles. The van der Waals surface area contributed by atoms with E-state index in [4.69, 9.17) is 5.73 Å². The number of nitriles is 1. The molecule has 1 aliphatic rings. The van der Waals surface area contributed by atoms with E-state index in [-0.39, 0.29) is 5.91 Å². The van der Waals surface area contributed by atoms with E-state index in [0.717, 1.165) is 42.7 Å². The number of carbonyl (C=O) groups is 1. The minimum Gasteiger partial charge on any atom is -0.330 e. The zero-order valence-corrected chi connectivity index (χ0v) is 12.7. The number of carbonyl (C=O) groups excluding carboxylic acids is 1. The Morgan fingerprint density at radius 2 is 2.30 bits per heavy atom. The molecule has 4 nitrogen and oxygen atoms in total. The molecule has 3 N–H and O–H groups in total. The van der Waals surface area contributed by atoms with Crippen LogP contribution in [-0.4, -0.2) is 12.5 Å². The van der Waals surface area contributed by atoms with Crippen LogP contribution in [0.1, 0.15) is 48.6 Å². The van der Waals surface area contributed by atoms with Gasteiger partial charge < -0.3 is 11.1 Å². The van der Waals surface area contributed by atoms with Crippen LogP contribution >= 0.6 is 11.3 Å². The van der Waals surface area contributed by atoms with Crippen LogP contribution in [0.4, 0.5) is 5.00 Å². The van der Waals surface area contributed by atoms with Crippen LogP contribution in [0.5, 0.6) is 0 Å². The summed E-state index contributed by atoms with van der Waals surface area (Å²) in [6.45, 7) is 2.78. The molecule has 2 rings (SSSR count). The van der Waals surface area contributed by atoms with Gasteiger partial charge in [0.1, 0.15) is 11.1 Å². The van der Waals surface area contributed by atoms with Gasteiger partial charge in [0.25, 0.3) is 0 Å².